The maximum atomic E-state index is 12.6. The van der Waals surface area contributed by atoms with Crippen molar-refractivity contribution in [3.05, 3.63) is 64.4 Å². The van der Waals surface area contributed by atoms with Crippen molar-refractivity contribution in [2.24, 2.45) is 0 Å². The molecule has 0 bridgehead atoms. The summed E-state index contributed by atoms with van der Waals surface area (Å²) >= 11 is 5.88. The molecule has 0 amide bonds. The van der Waals surface area contributed by atoms with Crippen LogP contribution in [0.1, 0.15) is 21.7 Å². The van der Waals surface area contributed by atoms with Crippen LogP contribution in [0.2, 0.25) is 5.02 Å². The smallest absolute Gasteiger partial charge is 0.197 e. The van der Waals surface area contributed by atoms with Crippen molar-refractivity contribution in [1.82, 2.24) is 0 Å². The molecule has 20 heavy (non-hydrogen) atoms. The van der Waals surface area contributed by atoms with Crippen molar-refractivity contribution >= 4 is 34.0 Å². The number of furan rings is 1. The first-order valence-corrected chi connectivity index (χ1v) is 6.53. The van der Waals surface area contributed by atoms with E-state index in [-0.39, 0.29) is 5.78 Å². The van der Waals surface area contributed by atoms with E-state index < -0.39 is 0 Å². The molecule has 3 rings (SSSR count). The lowest BCUT2D eigenvalue weighted by Crippen LogP contribution is -2.03. The quantitative estimate of drug-likeness (QED) is 0.567. The monoisotopic (exact) mass is 285 g/mol. The number of nitrogen functional groups attached to an aromatic ring is 1. The Hall–Kier alpha value is -2.26. The van der Waals surface area contributed by atoms with Gasteiger partial charge in [-0.05, 0) is 31.2 Å². The van der Waals surface area contributed by atoms with E-state index in [0.29, 0.717) is 33.2 Å². The first-order chi connectivity index (χ1) is 9.58. The van der Waals surface area contributed by atoms with Crippen LogP contribution in [-0.2, 0) is 0 Å². The Morgan fingerprint density at radius 1 is 1.20 bits per heavy atom. The number of carbonyl (C=O) groups excluding carboxylic acids is 1. The van der Waals surface area contributed by atoms with Crippen molar-refractivity contribution in [2.45, 2.75) is 6.92 Å². The molecule has 2 aromatic carbocycles. The Bertz CT molecular complexity index is 820. The van der Waals surface area contributed by atoms with Crippen LogP contribution in [0, 0.1) is 6.92 Å². The molecular formula is C16H12ClNO2. The van der Waals surface area contributed by atoms with Crippen LogP contribution in [0.15, 0.2) is 46.9 Å². The minimum absolute atomic E-state index is 0.115. The Balaban J connectivity index is 2.17. The van der Waals surface area contributed by atoms with Crippen molar-refractivity contribution in [3.63, 3.8) is 0 Å². The Kier molecular flexibility index (Phi) is 2.99. The lowest BCUT2D eigenvalue weighted by molar-refractivity contribution is 0.103. The van der Waals surface area contributed by atoms with E-state index in [9.17, 15) is 4.79 Å². The molecule has 0 fully saturated rings. The number of halogens is 1. The molecule has 2 N–H and O–H groups in total. The molecule has 0 spiro atoms. The number of hydrogen-bond acceptors (Lipinski definition) is 3. The summed E-state index contributed by atoms with van der Waals surface area (Å²) in [7, 11) is 0. The normalized spacial score (nSPS) is 10.9. The molecule has 0 aliphatic heterocycles. The highest BCUT2D eigenvalue weighted by Gasteiger charge is 2.19. The van der Waals surface area contributed by atoms with Crippen LogP contribution in [0.5, 0.6) is 0 Å². The molecule has 0 atom stereocenters. The van der Waals surface area contributed by atoms with Gasteiger partial charge < -0.3 is 10.2 Å². The van der Waals surface area contributed by atoms with E-state index in [1.807, 2.05) is 24.3 Å². The molecule has 0 aliphatic rings. The topological polar surface area (TPSA) is 56.2 Å². The first kappa shape index (κ1) is 12.8. The van der Waals surface area contributed by atoms with Crippen LogP contribution >= 0.6 is 11.6 Å². The molecule has 3 nitrogen and oxygen atoms in total. The summed E-state index contributed by atoms with van der Waals surface area (Å²) < 4.78 is 5.62. The zero-order valence-electron chi connectivity index (χ0n) is 10.8. The second-order valence-corrected chi connectivity index (χ2v) is 5.00. The number of rotatable bonds is 2. The van der Waals surface area contributed by atoms with Gasteiger partial charge in [0.25, 0.3) is 0 Å². The fourth-order valence-electron chi connectivity index (χ4n) is 2.28. The van der Waals surface area contributed by atoms with Crippen LogP contribution in [0.4, 0.5) is 5.69 Å². The molecule has 0 saturated heterocycles. The molecule has 4 heteroatoms. The predicted molar refractivity (Wildman–Crippen MR) is 80.2 cm³/mol. The van der Waals surface area contributed by atoms with Gasteiger partial charge >= 0.3 is 0 Å². The number of benzene rings is 2. The maximum Gasteiger partial charge on any atom is 0.197 e. The van der Waals surface area contributed by atoms with Gasteiger partial charge in [0.05, 0.1) is 16.3 Å². The van der Waals surface area contributed by atoms with Crippen molar-refractivity contribution in [2.75, 3.05) is 5.73 Å². The van der Waals surface area contributed by atoms with Crippen molar-refractivity contribution in [3.8, 4) is 0 Å². The van der Waals surface area contributed by atoms with Gasteiger partial charge in [-0.15, -0.1) is 0 Å². The fourth-order valence-corrected chi connectivity index (χ4v) is 2.40. The second-order valence-electron chi connectivity index (χ2n) is 4.59. The molecule has 0 aliphatic carbocycles. The highest BCUT2D eigenvalue weighted by atomic mass is 35.5. The van der Waals surface area contributed by atoms with Gasteiger partial charge in [-0.3, -0.25) is 4.79 Å². The largest absolute Gasteiger partial charge is 0.461 e. The SMILES string of the molecule is Cc1oc2ccccc2c1C(=O)c1ccc(Cl)c(N)c1. The van der Waals surface area contributed by atoms with Gasteiger partial charge in [-0.25, -0.2) is 0 Å². The molecular weight excluding hydrogens is 274 g/mol. The average Bonchev–Trinajstić information content (AvgIpc) is 2.77. The highest BCUT2D eigenvalue weighted by molar-refractivity contribution is 6.33. The van der Waals surface area contributed by atoms with E-state index >= 15 is 0 Å². The Morgan fingerprint density at radius 3 is 2.70 bits per heavy atom. The average molecular weight is 286 g/mol. The van der Waals surface area contributed by atoms with Gasteiger partial charge in [0.15, 0.2) is 5.78 Å². The number of ketones is 1. The summed E-state index contributed by atoms with van der Waals surface area (Å²) in [6.45, 7) is 1.78. The van der Waals surface area contributed by atoms with E-state index in [1.165, 1.54) is 0 Å². The van der Waals surface area contributed by atoms with E-state index in [1.54, 1.807) is 25.1 Å². The molecule has 0 unspecified atom stereocenters. The van der Waals surface area contributed by atoms with E-state index in [4.69, 9.17) is 21.8 Å². The van der Waals surface area contributed by atoms with E-state index in [2.05, 4.69) is 0 Å². The minimum atomic E-state index is -0.115. The molecule has 1 heterocycles. The predicted octanol–water partition coefficient (Wildman–Crippen LogP) is 4.21. The molecule has 0 saturated carbocycles. The Labute approximate surface area is 120 Å². The molecule has 3 aromatic rings. The van der Waals surface area contributed by atoms with Crippen molar-refractivity contribution < 1.29 is 9.21 Å². The standard InChI is InChI=1S/C16H12ClNO2/c1-9-15(11-4-2-3-5-14(11)20-9)16(19)10-6-7-12(17)13(18)8-10/h2-8H,18H2,1H3. The zero-order valence-corrected chi connectivity index (χ0v) is 11.6. The number of anilines is 1. The minimum Gasteiger partial charge on any atom is -0.461 e. The zero-order chi connectivity index (χ0) is 14.3. The number of para-hydroxylation sites is 1. The summed E-state index contributed by atoms with van der Waals surface area (Å²) in [5, 5.41) is 1.25. The summed E-state index contributed by atoms with van der Waals surface area (Å²) in [5.41, 5.74) is 7.92. The number of carbonyl (C=O) groups is 1. The van der Waals surface area contributed by atoms with Gasteiger partial charge in [0.2, 0.25) is 0 Å². The fraction of sp³-hybridized carbons (Fsp3) is 0.0625. The van der Waals surface area contributed by atoms with Crippen LogP contribution in [0.25, 0.3) is 11.0 Å². The van der Waals surface area contributed by atoms with Crippen LogP contribution < -0.4 is 5.73 Å². The number of nitrogens with two attached hydrogens (primary N) is 1. The van der Waals surface area contributed by atoms with Crippen LogP contribution in [0.3, 0.4) is 0 Å². The summed E-state index contributed by atoms with van der Waals surface area (Å²) in [4.78, 5) is 12.6. The third-order valence-electron chi connectivity index (χ3n) is 3.26. The van der Waals surface area contributed by atoms with Crippen LogP contribution in [-0.4, -0.2) is 5.78 Å². The van der Waals surface area contributed by atoms with Gasteiger partial charge in [-0.1, -0.05) is 29.8 Å². The summed E-state index contributed by atoms with van der Waals surface area (Å²) in [6.07, 6.45) is 0. The number of fused-ring (bicyclic) bond motifs is 1. The van der Waals surface area contributed by atoms with Gasteiger partial charge in [-0.2, -0.15) is 0 Å². The van der Waals surface area contributed by atoms with Gasteiger partial charge in [0, 0.05) is 10.9 Å². The molecule has 0 radical (unpaired) electrons. The molecule has 100 valence electrons. The van der Waals surface area contributed by atoms with Crippen molar-refractivity contribution in [1.29, 1.82) is 0 Å². The lowest BCUT2D eigenvalue weighted by atomic mass is 10.00. The van der Waals surface area contributed by atoms with E-state index in [0.717, 1.165) is 5.39 Å². The van der Waals surface area contributed by atoms with Gasteiger partial charge in [0.1, 0.15) is 11.3 Å². The molecule has 1 aromatic heterocycles. The highest BCUT2D eigenvalue weighted by Crippen LogP contribution is 2.29. The first-order valence-electron chi connectivity index (χ1n) is 6.16. The third-order valence-corrected chi connectivity index (χ3v) is 3.60. The third kappa shape index (κ3) is 1.96. The maximum absolute atomic E-state index is 12.6. The number of hydrogen-bond donors (Lipinski definition) is 1. The lowest BCUT2D eigenvalue weighted by Gasteiger charge is -2.03. The summed E-state index contributed by atoms with van der Waals surface area (Å²) in [6, 6.07) is 12.4. The number of aryl methyl sites for hydroxylation is 1. The summed E-state index contributed by atoms with van der Waals surface area (Å²) in [5.74, 6) is 0.487. The Morgan fingerprint density at radius 2 is 1.95 bits per heavy atom. The second kappa shape index (κ2) is 4.69.